The van der Waals surface area contributed by atoms with Crippen LogP contribution >= 0.6 is 0 Å². The maximum absolute atomic E-state index is 12.2. The highest BCUT2D eigenvalue weighted by atomic mass is 16.3. The molecule has 2 atom stereocenters. The highest BCUT2D eigenvalue weighted by molar-refractivity contribution is 5.84. The van der Waals surface area contributed by atoms with Crippen molar-refractivity contribution >= 4 is 5.91 Å². The molecule has 4 heteroatoms. The first-order valence-electron chi connectivity index (χ1n) is 6.21. The second-order valence-corrected chi connectivity index (χ2v) is 5.66. The van der Waals surface area contributed by atoms with Gasteiger partial charge < -0.3 is 16.2 Å². The maximum Gasteiger partial charge on any atom is 0.228 e. The van der Waals surface area contributed by atoms with Crippen LogP contribution in [0.3, 0.4) is 0 Å². The highest BCUT2D eigenvalue weighted by Gasteiger charge is 2.47. The Balaban J connectivity index is 2.02. The normalized spacial score (nSPS) is 36.8. The Kier molecular flexibility index (Phi) is 2.97. The van der Waals surface area contributed by atoms with Crippen molar-refractivity contribution in [3.8, 4) is 0 Å². The second kappa shape index (κ2) is 4.00. The van der Waals surface area contributed by atoms with Gasteiger partial charge in [0.1, 0.15) is 0 Å². The van der Waals surface area contributed by atoms with Gasteiger partial charge in [0.2, 0.25) is 5.91 Å². The predicted octanol–water partition coefficient (Wildman–Crippen LogP) is 0.535. The first-order valence-corrected chi connectivity index (χ1v) is 6.21. The molecule has 0 aromatic rings. The number of nitrogens with two attached hydrogens (primary N) is 1. The van der Waals surface area contributed by atoms with Gasteiger partial charge >= 0.3 is 0 Å². The number of aliphatic hydroxyl groups is 1. The Labute approximate surface area is 96.6 Å². The molecule has 0 radical (unpaired) electrons. The molecular formula is C12H22N2O2. The van der Waals surface area contributed by atoms with Gasteiger partial charge in [0.05, 0.1) is 17.6 Å². The van der Waals surface area contributed by atoms with Crippen LogP contribution in [0.15, 0.2) is 0 Å². The van der Waals surface area contributed by atoms with E-state index in [-0.39, 0.29) is 24.1 Å². The van der Waals surface area contributed by atoms with Crippen LogP contribution in [0, 0.1) is 5.41 Å². The standard InChI is InChI=1S/C12H22N2O2/c1-11(5-2-4-9(11)13)10(16)14-12(8-15)6-3-7-12/h9,15H,2-8,13H2,1H3,(H,14,16). The van der Waals surface area contributed by atoms with Crippen molar-refractivity contribution in [2.75, 3.05) is 6.61 Å². The van der Waals surface area contributed by atoms with E-state index in [4.69, 9.17) is 5.73 Å². The molecule has 4 N–H and O–H groups in total. The molecule has 0 spiro atoms. The third-order valence-corrected chi connectivity index (χ3v) is 4.54. The van der Waals surface area contributed by atoms with Crippen molar-refractivity contribution < 1.29 is 9.90 Å². The molecule has 16 heavy (non-hydrogen) atoms. The van der Waals surface area contributed by atoms with Crippen LogP contribution in [-0.2, 0) is 4.79 Å². The Morgan fingerprint density at radius 1 is 1.44 bits per heavy atom. The summed E-state index contributed by atoms with van der Waals surface area (Å²) in [6, 6.07) is -0.0386. The minimum absolute atomic E-state index is 0.0336. The van der Waals surface area contributed by atoms with Crippen LogP contribution < -0.4 is 11.1 Å². The zero-order valence-corrected chi connectivity index (χ0v) is 9.96. The fourth-order valence-electron chi connectivity index (χ4n) is 2.78. The third-order valence-electron chi connectivity index (χ3n) is 4.54. The minimum atomic E-state index is -0.433. The molecule has 92 valence electrons. The van der Waals surface area contributed by atoms with Crippen LogP contribution in [-0.4, -0.2) is 29.2 Å². The molecule has 4 nitrogen and oxygen atoms in total. The highest BCUT2D eigenvalue weighted by Crippen LogP contribution is 2.39. The van der Waals surface area contributed by atoms with Crippen LogP contribution in [0.4, 0.5) is 0 Å². The van der Waals surface area contributed by atoms with Crippen molar-refractivity contribution in [1.82, 2.24) is 5.32 Å². The van der Waals surface area contributed by atoms with E-state index in [1.165, 1.54) is 0 Å². The van der Waals surface area contributed by atoms with Gasteiger partial charge in [-0.3, -0.25) is 4.79 Å². The first-order chi connectivity index (χ1) is 7.52. The average Bonchev–Trinajstić information content (AvgIpc) is 2.54. The summed E-state index contributed by atoms with van der Waals surface area (Å²) in [5.74, 6) is 0.0336. The number of carbonyl (C=O) groups excluding carboxylic acids is 1. The molecule has 2 aliphatic carbocycles. The zero-order valence-electron chi connectivity index (χ0n) is 9.96. The van der Waals surface area contributed by atoms with Gasteiger partial charge in [-0.1, -0.05) is 6.42 Å². The summed E-state index contributed by atoms with van der Waals surface area (Å²) in [5.41, 5.74) is 5.23. The molecule has 0 aromatic heterocycles. The number of rotatable bonds is 3. The van der Waals surface area contributed by atoms with Crippen LogP contribution in [0.25, 0.3) is 0 Å². The number of aliphatic hydroxyl groups excluding tert-OH is 1. The summed E-state index contributed by atoms with van der Waals surface area (Å²) in [7, 11) is 0. The molecule has 0 bridgehead atoms. The van der Waals surface area contributed by atoms with Gasteiger partial charge in [0, 0.05) is 6.04 Å². The number of nitrogens with one attached hydrogen (secondary N) is 1. The molecule has 0 heterocycles. The van der Waals surface area contributed by atoms with Gasteiger partial charge in [0.25, 0.3) is 0 Å². The maximum atomic E-state index is 12.2. The quantitative estimate of drug-likeness (QED) is 0.657. The second-order valence-electron chi connectivity index (χ2n) is 5.66. The Bertz CT molecular complexity index is 283. The van der Waals surface area contributed by atoms with Gasteiger partial charge in [-0.15, -0.1) is 0 Å². The lowest BCUT2D eigenvalue weighted by Gasteiger charge is -2.43. The van der Waals surface area contributed by atoms with E-state index in [1.807, 2.05) is 6.92 Å². The molecule has 2 aliphatic rings. The average molecular weight is 226 g/mol. The van der Waals surface area contributed by atoms with Crippen LogP contribution in [0.1, 0.15) is 45.4 Å². The first kappa shape index (κ1) is 11.9. The van der Waals surface area contributed by atoms with E-state index in [9.17, 15) is 9.90 Å². The van der Waals surface area contributed by atoms with Gasteiger partial charge in [-0.25, -0.2) is 0 Å². The van der Waals surface area contributed by atoms with E-state index >= 15 is 0 Å². The lowest BCUT2D eigenvalue weighted by molar-refractivity contribution is -0.134. The Morgan fingerprint density at radius 2 is 2.12 bits per heavy atom. The fourth-order valence-corrected chi connectivity index (χ4v) is 2.78. The lowest BCUT2D eigenvalue weighted by Crippen LogP contribution is -2.60. The van der Waals surface area contributed by atoms with E-state index in [0.717, 1.165) is 38.5 Å². The third kappa shape index (κ3) is 1.74. The minimum Gasteiger partial charge on any atom is -0.394 e. The van der Waals surface area contributed by atoms with Gasteiger partial charge in [-0.2, -0.15) is 0 Å². The van der Waals surface area contributed by atoms with Crippen molar-refractivity contribution in [2.24, 2.45) is 11.1 Å². The number of hydrogen-bond acceptors (Lipinski definition) is 3. The topological polar surface area (TPSA) is 75.3 Å². The van der Waals surface area contributed by atoms with Crippen molar-refractivity contribution in [3.05, 3.63) is 0 Å². The largest absolute Gasteiger partial charge is 0.394 e. The molecular weight excluding hydrogens is 204 g/mol. The fraction of sp³-hybridized carbons (Fsp3) is 0.917. The number of hydrogen-bond donors (Lipinski definition) is 3. The van der Waals surface area contributed by atoms with Gasteiger partial charge in [0.15, 0.2) is 0 Å². The summed E-state index contributed by atoms with van der Waals surface area (Å²) >= 11 is 0. The summed E-state index contributed by atoms with van der Waals surface area (Å²) in [6.07, 6.45) is 5.68. The summed E-state index contributed by atoms with van der Waals surface area (Å²) in [6.45, 7) is 1.99. The summed E-state index contributed by atoms with van der Waals surface area (Å²) in [4.78, 5) is 12.2. The van der Waals surface area contributed by atoms with E-state index < -0.39 is 5.41 Å². The predicted molar refractivity (Wildman–Crippen MR) is 61.7 cm³/mol. The summed E-state index contributed by atoms with van der Waals surface area (Å²) < 4.78 is 0. The van der Waals surface area contributed by atoms with Crippen molar-refractivity contribution in [2.45, 2.75) is 57.0 Å². The molecule has 2 saturated carbocycles. The molecule has 2 rings (SSSR count). The molecule has 2 unspecified atom stereocenters. The van der Waals surface area contributed by atoms with Crippen LogP contribution in [0.5, 0.6) is 0 Å². The van der Waals surface area contributed by atoms with Crippen LogP contribution in [0.2, 0.25) is 0 Å². The molecule has 0 saturated heterocycles. The summed E-state index contributed by atoms with van der Waals surface area (Å²) in [5, 5.41) is 12.4. The van der Waals surface area contributed by atoms with E-state index in [0.29, 0.717) is 0 Å². The molecule has 2 fully saturated rings. The van der Waals surface area contributed by atoms with E-state index in [2.05, 4.69) is 5.32 Å². The smallest absolute Gasteiger partial charge is 0.228 e. The molecule has 0 aliphatic heterocycles. The Morgan fingerprint density at radius 3 is 2.50 bits per heavy atom. The Hall–Kier alpha value is -0.610. The van der Waals surface area contributed by atoms with Gasteiger partial charge in [-0.05, 0) is 39.0 Å². The SMILES string of the molecule is CC1(C(=O)NC2(CO)CCC2)CCCC1N. The van der Waals surface area contributed by atoms with Crippen molar-refractivity contribution in [1.29, 1.82) is 0 Å². The lowest BCUT2D eigenvalue weighted by atomic mass is 9.75. The monoisotopic (exact) mass is 226 g/mol. The zero-order chi connectivity index (χ0) is 11.8. The number of carbonyl (C=O) groups is 1. The molecule has 1 amide bonds. The molecule has 0 aromatic carbocycles. The van der Waals surface area contributed by atoms with Crippen molar-refractivity contribution in [3.63, 3.8) is 0 Å². The van der Waals surface area contributed by atoms with E-state index in [1.54, 1.807) is 0 Å². The number of amides is 1.